The Morgan fingerprint density at radius 3 is 2.25 bits per heavy atom. The van der Waals surface area contributed by atoms with Crippen molar-refractivity contribution in [3.05, 3.63) is 42.0 Å². The van der Waals surface area contributed by atoms with Crippen molar-refractivity contribution in [2.45, 2.75) is 33.3 Å². The van der Waals surface area contributed by atoms with Crippen LogP contribution in [0.2, 0.25) is 0 Å². The minimum Gasteiger partial charge on any atom is -0.462 e. The summed E-state index contributed by atoms with van der Waals surface area (Å²) >= 11 is 0. The van der Waals surface area contributed by atoms with Crippen LogP contribution in [0.15, 0.2) is 36.4 Å². The minimum atomic E-state index is -0.477. The number of nitrogens with zero attached hydrogens (tertiary/aromatic N) is 2. The fourth-order valence-corrected chi connectivity index (χ4v) is 3.24. The molecule has 0 bridgehead atoms. The van der Waals surface area contributed by atoms with Crippen LogP contribution in [0.5, 0.6) is 0 Å². The second kappa shape index (κ2) is 8.09. The third-order valence-electron chi connectivity index (χ3n) is 4.63. The van der Waals surface area contributed by atoms with Gasteiger partial charge in [0.05, 0.1) is 12.2 Å². The van der Waals surface area contributed by atoms with Crippen LogP contribution in [0.25, 0.3) is 10.8 Å². The normalized spacial score (nSPS) is 14.9. The van der Waals surface area contributed by atoms with Crippen LogP contribution >= 0.6 is 0 Å². The number of anilines is 1. The van der Waals surface area contributed by atoms with Crippen LogP contribution in [0.1, 0.15) is 38.1 Å². The van der Waals surface area contributed by atoms with E-state index in [9.17, 15) is 9.59 Å². The van der Waals surface area contributed by atoms with Crippen molar-refractivity contribution in [3.63, 3.8) is 0 Å². The molecule has 2 aromatic carbocycles. The molecule has 1 heterocycles. The van der Waals surface area contributed by atoms with Gasteiger partial charge in [0.1, 0.15) is 5.60 Å². The summed E-state index contributed by atoms with van der Waals surface area (Å²) in [5.74, 6) is -0.299. The first kappa shape index (κ1) is 20.0. The van der Waals surface area contributed by atoms with Crippen molar-refractivity contribution in [1.29, 1.82) is 0 Å². The van der Waals surface area contributed by atoms with E-state index in [1.54, 1.807) is 17.9 Å². The molecule has 3 rings (SSSR count). The summed E-state index contributed by atoms with van der Waals surface area (Å²) in [4.78, 5) is 28.1. The number of carbonyl (C=O) groups excluding carboxylic acids is 2. The van der Waals surface area contributed by atoms with Gasteiger partial charge in [-0.1, -0.05) is 12.1 Å². The highest BCUT2D eigenvalue weighted by Gasteiger charge is 2.26. The van der Waals surface area contributed by atoms with E-state index in [0.29, 0.717) is 25.3 Å². The fraction of sp³-hybridized carbons (Fsp3) is 0.455. The Morgan fingerprint density at radius 2 is 1.61 bits per heavy atom. The lowest BCUT2D eigenvalue weighted by Crippen LogP contribution is -2.50. The van der Waals surface area contributed by atoms with E-state index in [4.69, 9.17) is 9.47 Å². The molecule has 1 fully saturated rings. The Hall–Kier alpha value is -2.76. The number of carbonyl (C=O) groups is 2. The number of ether oxygens (including phenoxy) is 2. The number of fused-ring (bicyclic) bond motifs is 1. The highest BCUT2D eigenvalue weighted by Crippen LogP contribution is 2.25. The Morgan fingerprint density at radius 1 is 0.964 bits per heavy atom. The third kappa shape index (κ3) is 4.74. The summed E-state index contributed by atoms with van der Waals surface area (Å²) in [5.41, 5.74) is 1.20. The van der Waals surface area contributed by atoms with Crippen LogP contribution in [0.4, 0.5) is 10.5 Å². The van der Waals surface area contributed by atoms with Gasteiger partial charge in [0.25, 0.3) is 0 Å². The number of piperazine rings is 1. The molecule has 0 unspecified atom stereocenters. The van der Waals surface area contributed by atoms with Crippen LogP contribution in [-0.2, 0) is 9.47 Å². The molecule has 6 nitrogen and oxygen atoms in total. The largest absolute Gasteiger partial charge is 0.462 e. The molecule has 1 amide bonds. The summed E-state index contributed by atoms with van der Waals surface area (Å²) in [6, 6.07) is 11.8. The van der Waals surface area contributed by atoms with Gasteiger partial charge in [-0.3, -0.25) is 0 Å². The third-order valence-corrected chi connectivity index (χ3v) is 4.63. The summed E-state index contributed by atoms with van der Waals surface area (Å²) in [7, 11) is 0. The number of rotatable bonds is 3. The van der Waals surface area contributed by atoms with Crippen molar-refractivity contribution in [1.82, 2.24) is 4.90 Å². The number of hydrogen-bond acceptors (Lipinski definition) is 5. The molecule has 0 atom stereocenters. The first-order valence-corrected chi connectivity index (χ1v) is 9.70. The zero-order valence-corrected chi connectivity index (χ0v) is 17.0. The Labute approximate surface area is 166 Å². The van der Waals surface area contributed by atoms with E-state index in [1.165, 1.54) is 0 Å². The lowest BCUT2D eigenvalue weighted by Gasteiger charge is -2.36. The van der Waals surface area contributed by atoms with Gasteiger partial charge in [-0.15, -0.1) is 0 Å². The van der Waals surface area contributed by atoms with Gasteiger partial charge in [-0.25, -0.2) is 9.59 Å². The van der Waals surface area contributed by atoms with Gasteiger partial charge in [-0.05, 0) is 62.7 Å². The standard InChI is InChI=1S/C22H28N2O4/c1-5-27-20(25)18-7-6-17-15-19(9-8-16(17)14-18)23-10-12-24(13-11-23)21(26)28-22(2,3)4/h6-9,14-15H,5,10-13H2,1-4H3. The number of amides is 1. The second-order valence-corrected chi connectivity index (χ2v) is 7.92. The van der Waals surface area contributed by atoms with E-state index in [1.807, 2.05) is 39.0 Å². The van der Waals surface area contributed by atoms with Crippen molar-refractivity contribution in [3.8, 4) is 0 Å². The van der Waals surface area contributed by atoms with Gasteiger partial charge in [0.2, 0.25) is 0 Å². The average Bonchev–Trinajstić information content (AvgIpc) is 2.66. The lowest BCUT2D eigenvalue weighted by atomic mass is 10.1. The molecule has 1 aliphatic rings. The smallest absolute Gasteiger partial charge is 0.410 e. The number of esters is 1. The molecule has 6 heteroatoms. The zero-order chi connectivity index (χ0) is 20.3. The van der Waals surface area contributed by atoms with Gasteiger partial charge < -0.3 is 19.3 Å². The molecule has 1 saturated heterocycles. The van der Waals surface area contributed by atoms with Crippen LogP contribution in [0, 0.1) is 0 Å². The molecule has 0 radical (unpaired) electrons. The maximum Gasteiger partial charge on any atom is 0.410 e. The predicted octanol–water partition coefficient (Wildman–Crippen LogP) is 4.07. The highest BCUT2D eigenvalue weighted by atomic mass is 16.6. The van der Waals surface area contributed by atoms with Gasteiger partial charge >= 0.3 is 12.1 Å². The molecular formula is C22H28N2O4. The number of benzene rings is 2. The monoisotopic (exact) mass is 384 g/mol. The molecule has 0 aliphatic carbocycles. The quantitative estimate of drug-likeness (QED) is 0.747. The summed E-state index contributed by atoms with van der Waals surface area (Å²) in [6.07, 6.45) is -0.253. The molecule has 0 saturated carbocycles. The van der Waals surface area contributed by atoms with E-state index >= 15 is 0 Å². The average molecular weight is 384 g/mol. The Balaban J connectivity index is 1.67. The molecule has 0 aromatic heterocycles. The topological polar surface area (TPSA) is 59.1 Å². The first-order chi connectivity index (χ1) is 13.3. The van der Waals surface area contributed by atoms with E-state index in [0.717, 1.165) is 29.5 Å². The van der Waals surface area contributed by atoms with E-state index in [2.05, 4.69) is 17.0 Å². The molecule has 1 aliphatic heterocycles. The van der Waals surface area contributed by atoms with Gasteiger partial charge in [-0.2, -0.15) is 0 Å². The molecule has 28 heavy (non-hydrogen) atoms. The van der Waals surface area contributed by atoms with E-state index in [-0.39, 0.29) is 12.1 Å². The van der Waals surface area contributed by atoms with Gasteiger partial charge in [0.15, 0.2) is 0 Å². The van der Waals surface area contributed by atoms with Crippen molar-refractivity contribution in [2.24, 2.45) is 0 Å². The summed E-state index contributed by atoms with van der Waals surface area (Å²) in [6.45, 7) is 10.6. The zero-order valence-electron chi connectivity index (χ0n) is 17.0. The molecule has 150 valence electrons. The number of hydrogen-bond donors (Lipinski definition) is 0. The Bertz CT molecular complexity index is 864. The van der Waals surface area contributed by atoms with Crippen LogP contribution in [0.3, 0.4) is 0 Å². The van der Waals surface area contributed by atoms with Crippen molar-refractivity contribution < 1.29 is 19.1 Å². The second-order valence-electron chi connectivity index (χ2n) is 7.92. The summed E-state index contributed by atoms with van der Waals surface area (Å²) < 4.78 is 10.5. The first-order valence-electron chi connectivity index (χ1n) is 9.70. The maximum atomic E-state index is 12.2. The van der Waals surface area contributed by atoms with Crippen LogP contribution in [-0.4, -0.2) is 55.3 Å². The van der Waals surface area contributed by atoms with Crippen LogP contribution < -0.4 is 4.90 Å². The molecule has 0 N–H and O–H groups in total. The SMILES string of the molecule is CCOC(=O)c1ccc2cc(N3CCN(C(=O)OC(C)(C)C)CC3)ccc2c1. The summed E-state index contributed by atoms with van der Waals surface area (Å²) in [5, 5.41) is 2.07. The lowest BCUT2D eigenvalue weighted by molar-refractivity contribution is 0.0240. The Kier molecular flexibility index (Phi) is 5.77. The van der Waals surface area contributed by atoms with E-state index < -0.39 is 5.60 Å². The molecule has 0 spiro atoms. The van der Waals surface area contributed by atoms with Crippen molar-refractivity contribution >= 4 is 28.5 Å². The fourth-order valence-electron chi connectivity index (χ4n) is 3.24. The van der Waals surface area contributed by atoms with Crippen molar-refractivity contribution in [2.75, 3.05) is 37.7 Å². The predicted molar refractivity (Wildman–Crippen MR) is 110 cm³/mol. The molecule has 2 aromatic rings. The minimum absolute atomic E-state index is 0.253. The molecular weight excluding hydrogens is 356 g/mol. The highest BCUT2D eigenvalue weighted by molar-refractivity contribution is 5.96. The maximum absolute atomic E-state index is 12.2. The van der Waals surface area contributed by atoms with Gasteiger partial charge in [0, 0.05) is 31.9 Å².